The van der Waals surface area contributed by atoms with Gasteiger partial charge < -0.3 is 0 Å². The predicted molar refractivity (Wildman–Crippen MR) is 50.4 cm³/mol. The Bertz CT molecular complexity index is 316. The van der Waals surface area contributed by atoms with Crippen molar-refractivity contribution in [2.45, 2.75) is 13.3 Å². The van der Waals surface area contributed by atoms with E-state index in [1.54, 1.807) is 10.9 Å². The van der Waals surface area contributed by atoms with Gasteiger partial charge in [0.1, 0.15) is 0 Å². The zero-order valence-electron chi connectivity index (χ0n) is 7.81. The van der Waals surface area contributed by atoms with Crippen LogP contribution >= 0.6 is 0 Å². The molecule has 2 unspecified atom stereocenters. The summed E-state index contributed by atoms with van der Waals surface area (Å²) in [5.41, 5.74) is 2.89. The summed E-state index contributed by atoms with van der Waals surface area (Å²) in [5, 5.41) is 11.6. The van der Waals surface area contributed by atoms with Gasteiger partial charge in [0.2, 0.25) is 0 Å². The molecule has 5 nitrogen and oxygen atoms in total. The zero-order valence-corrected chi connectivity index (χ0v) is 7.81. The molecule has 13 heavy (non-hydrogen) atoms. The van der Waals surface area contributed by atoms with Gasteiger partial charge in [-0.3, -0.25) is 5.43 Å². The lowest BCUT2D eigenvalue weighted by Crippen LogP contribution is -1.98. The average molecular weight is 179 g/mol. The molecule has 0 spiro atoms. The lowest BCUT2D eigenvalue weighted by molar-refractivity contribution is 0.718. The van der Waals surface area contributed by atoms with Crippen molar-refractivity contribution in [3.8, 4) is 0 Å². The number of hydrogen-bond acceptors (Lipinski definition) is 4. The highest BCUT2D eigenvalue weighted by Crippen LogP contribution is 2.35. The molecular formula is C8H13N5. The number of rotatable bonds is 3. The minimum absolute atomic E-state index is 0.661. The number of anilines is 1. The number of hydrazone groups is 1. The molecule has 1 fully saturated rings. The molecule has 0 aromatic carbocycles. The quantitative estimate of drug-likeness (QED) is 0.553. The van der Waals surface area contributed by atoms with Crippen molar-refractivity contribution >= 4 is 12.0 Å². The summed E-state index contributed by atoms with van der Waals surface area (Å²) in [5.74, 6) is 2.27. The van der Waals surface area contributed by atoms with Crippen molar-refractivity contribution in [3.63, 3.8) is 0 Å². The molecule has 0 saturated heterocycles. The first-order chi connectivity index (χ1) is 6.27. The summed E-state index contributed by atoms with van der Waals surface area (Å²) in [6.07, 6.45) is 4.86. The summed E-state index contributed by atoms with van der Waals surface area (Å²) in [6.45, 7) is 2.22. The van der Waals surface area contributed by atoms with E-state index in [1.807, 2.05) is 13.3 Å². The molecule has 2 rings (SSSR count). The minimum Gasteiger partial charge on any atom is -0.261 e. The fraction of sp³-hybridized carbons (Fsp3) is 0.625. The number of nitrogens with zero attached hydrogens (tertiary/aromatic N) is 4. The van der Waals surface area contributed by atoms with Gasteiger partial charge in [-0.1, -0.05) is 12.1 Å². The standard InChI is InChI=1S/C8H13N5/c1-6-3-7(6)4-9-11-8-5-10-12-13(8)2/h4-7,11H,3H2,1-2H3/b9-4+. The van der Waals surface area contributed by atoms with Crippen LogP contribution in [0.5, 0.6) is 0 Å². The van der Waals surface area contributed by atoms with Gasteiger partial charge in [0, 0.05) is 13.3 Å². The number of aromatic nitrogens is 3. The van der Waals surface area contributed by atoms with Gasteiger partial charge in [-0.2, -0.15) is 5.10 Å². The number of nitrogens with one attached hydrogen (secondary N) is 1. The SMILES string of the molecule is CC1CC1/C=N/Nc1cnnn1C. The normalized spacial score (nSPS) is 26.6. The van der Waals surface area contributed by atoms with E-state index in [0.29, 0.717) is 5.92 Å². The Labute approximate surface area is 76.8 Å². The van der Waals surface area contributed by atoms with Crippen LogP contribution in [0.4, 0.5) is 5.82 Å². The first-order valence-electron chi connectivity index (χ1n) is 4.41. The molecule has 1 aromatic heterocycles. The molecule has 0 bridgehead atoms. The molecule has 1 aliphatic carbocycles. The zero-order chi connectivity index (χ0) is 9.26. The van der Waals surface area contributed by atoms with E-state index in [0.717, 1.165) is 11.7 Å². The van der Waals surface area contributed by atoms with E-state index in [2.05, 4.69) is 27.8 Å². The maximum Gasteiger partial charge on any atom is 0.164 e. The highest BCUT2D eigenvalue weighted by molar-refractivity contribution is 5.65. The third kappa shape index (κ3) is 1.85. The molecule has 1 aromatic rings. The Morgan fingerprint density at radius 3 is 3.08 bits per heavy atom. The second-order valence-electron chi connectivity index (χ2n) is 3.51. The summed E-state index contributed by atoms with van der Waals surface area (Å²) in [7, 11) is 1.82. The summed E-state index contributed by atoms with van der Waals surface area (Å²) < 4.78 is 1.65. The fourth-order valence-electron chi connectivity index (χ4n) is 1.15. The van der Waals surface area contributed by atoms with Crippen molar-refractivity contribution in [2.24, 2.45) is 24.0 Å². The highest BCUT2D eigenvalue weighted by atomic mass is 15.5. The van der Waals surface area contributed by atoms with Gasteiger partial charge >= 0.3 is 0 Å². The van der Waals surface area contributed by atoms with Gasteiger partial charge in [0.05, 0.1) is 6.20 Å². The van der Waals surface area contributed by atoms with Crippen LogP contribution < -0.4 is 5.43 Å². The van der Waals surface area contributed by atoms with Crippen molar-refractivity contribution in [3.05, 3.63) is 6.20 Å². The Morgan fingerprint density at radius 1 is 1.77 bits per heavy atom. The molecular weight excluding hydrogens is 166 g/mol. The molecule has 0 radical (unpaired) electrons. The smallest absolute Gasteiger partial charge is 0.164 e. The maximum atomic E-state index is 4.11. The van der Waals surface area contributed by atoms with Crippen molar-refractivity contribution in [2.75, 3.05) is 5.43 Å². The molecule has 1 heterocycles. The van der Waals surface area contributed by atoms with Crippen LogP contribution in [0.3, 0.4) is 0 Å². The predicted octanol–water partition coefficient (Wildman–Crippen LogP) is 0.869. The molecule has 1 N–H and O–H groups in total. The molecule has 1 aliphatic rings. The van der Waals surface area contributed by atoms with E-state index in [4.69, 9.17) is 0 Å². The van der Waals surface area contributed by atoms with Gasteiger partial charge in [-0.25, -0.2) is 4.68 Å². The maximum absolute atomic E-state index is 4.11. The van der Waals surface area contributed by atoms with Crippen LogP contribution in [0.2, 0.25) is 0 Å². The molecule has 0 aliphatic heterocycles. The Morgan fingerprint density at radius 2 is 2.54 bits per heavy atom. The fourth-order valence-corrected chi connectivity index (χ4v) is 1.15. The van der Waals surface area contributed by atoms with Gasteiger partial charge in [0.25, 0.3) is 0 Å². The van der Waals surface area contributed by atoms with Gasteiger partial charge in [0.15, 0.2) is 5.82 Å². The summed E-state index contributed by atoms with van der Waals surface area (Å²) in [6, 6.07) is 0. The molecule has 2 atom stereocenters. The number of aryl methyl sites for hydroxylation is 1. The van der Waals surface area contributed by atoms with Crippen LogP contribution in [0.25, 0.3) is 0 Å². The third-order valence-corrected chi connectivity index (χ3v) is 2.33. The third-order valence-electron chi connectivity index (χ3n) is 2.33. The molecule has 70 valence electrons. The first kappa shape index (κ1) is 8.22. The van der Waals surface area contributed by atoms with Crippen LogP contribution in [-0.2, 0) is 7.05 Å². The second-order valence-corrected chi connectivity index (χ2v) is 3.51. The van der Waals surface area contributed by atoms with Crippen molar-refractivity contribution in [1.82, 2.24) is 15.0 Å². The minimum atomic E-state index is 0.661. The van der Waals surface area contributed by atoms with E-state index in [1.165, 1.54) is 6.42 Å². The Kier molecular flexibility index (Phi) is 2.00. The number of hydrogen-bond donors (Lipinski definition) is 1. The van der Waals surface area contributed by atoms with Crippen LogP contribution in [0.1, 0.15) is 13.3 Å². The molecule has 1 saturated carbocycles. The Balaban J connectivity index is 1.86. The topological polar surface area (TPSA) is 55.1 Å². The van der Waals surface area contributed by atoms with E-state index >= 15 is 0 Å². The van der Waals surface area contributed by atoms with Crippen molar-refractivity contribution in [1.29, 1.82) is 0 Å². The van der Waals surface area contributed by atoms with Gasteiger partial charge in [-0.05, 0) is 18.3 Å². The first-order valence-corrected chi connectivity index (χ1v) is 4.41. The average Bonchev–Trinajstić information content (AvgIpc) is 2.63. The van der Waals surface area contributed by atoms with Crippen LogP contribution in [0, 0.1) is 11.8 Å². The van der Waals surface area contributed by atoms with E-state index in [-0.39, 0.29) is 0 Å². The van der Waals surface area contributed by atoms with Crippen LogP contribution in [-0.4, -0.2) is 21.2 Å². The van der Waals surface area contributed by atoms with E-state index < -0.39 is 0 Å². The van der Waals surface area contributed by atoms with Gasteiger partial charge in [-0.15, -0.1) is 5.10 Å². The monoisotopic (exact) mass is 179 g/mol. The van der Waals surface area contributed by atoms with Crippen molar-refractivity contribution < 1.29 is 0 Å². The molecule has 0 amide bonds. The Hall–Kier alpha value is -1.39. The lowest BCUT2D eigenvalue weighted by Gasteiger charge is -1.96. The largest absolute Gasteiger partial charge is 0.261 e. The van der Waals surface area contributed by atoms with Crippen LogP contribution in [0.15, 0.2) is 11.3 Å². The second kappa shape index (κ2) is 3.16. The summed E-state index contributed by atoms with van der Waals surface area (Å²) in [4.78, 5) is 0. The highest BCUT2D eigenvalue weighted by Gasteiger charge is 2.30. The summed E-state index contributed by atoms with van der Waals surface area (Å²) >= 11 is 0. The van der Waals surface area contributed by atoms with E-state index in [9.17, 15) is 0 Å². The lowest BCUT2D eigenvalue weighted by atomic mass is 10.4. The molecule has 5 heteroatoms.